The van der Waals surface area contributed by atoms with Gasteiger partial charge < -0.3 is 9.73 Å². The van der Waals surface area contributed by atoms with Gasteiger partial charge in [-0.2, -0.15) is 0 Å². The van der Waals surface area contributed by atoms with Gasteiger partial charge >= 0.3 is 0 Å². The molecule has 1 aromatic carbocycles. The Kier molecular flexibility index (Phi) is 5.51. The topological polar surface area (TPSA) is 38.1 Å². The second-order valence-electron chi connectivity index (χ2n) is 5.76. The molecule has 0 saturated carbocycles. The van der Waals surface area contributed by atoms with Gasteiger partial charge in [0.25, 0.3) is 0 Å². The summed E-state index contributed by atoms with van der Waals surface area (Å²) in [4.78, 5) is 4.23. The fourth-order valence-electron chi connectivity index (χ4n) is 2.14. The second kappa shape index (κ2) is 7.36. The molecule has 2 aromatic rings. The zero-order valence-corrected chi connectivity index (χ0v) is 12.9. The largest absolute Gasteiger partial charge is 0.441 e. The van der Waals surface area contributed by atoms with Gasteiger partial charge in [-0.15, -0.1) is 0 Å². The molecule has 114 valence electrons. The smallest absolute Gasteiger partial charge is 0.194 e. The van der Waals surface area contributed by atoms with Crippen molar-refractivity contribution in [1.82, 2.24) is 10.3 Å². The predicted molar refractivity (Wildman–Crippen MR) is 82.7 cm³/mol. The van der Waals surface area contributed by atoms with Gasteiger partial charge in [0.1, 0.15) is 5.82 Å². The van der Waals surface area contributed by atoms with E-state index in [-0.39, 0.29) is 5.82 Å². The first-order valence-corrected chi connectivity index (χ1v) is 7.49. The third kappa shape index (κ3) is 4.39. The van der Waals surface area contributed by atoms with E-state index in [0.29, 0.717) is 28.7 Å². The maximum atomic E-state index is 14.0. The molecule has 2 rings (SSSR count). The molecular formula is C17H23FN2O. The minimum atomic E-state index is -0.237. The lowest BCUT2D eigenvalue weighted by atomic mass is 10.1. The number of hydrogen-bond acceptors (Lipinski definition) is 3. The highest BCUT2D eigenvalue weighted by atomic mass is 19.1. The number of halogens is 1. The van der Waals surface area contributed by atoms with E-state index in [1.165, 1.54) is 0 Å². The highest BCUT2D eigenvalue weighted by molar-refractivity contribution is 5.58. The van der Waals surface area contributed by atoms with Crippen LogP contribution in [0.3, 0.4) is 0 Å². The summed E-state index contributed by atoms with van der Waals surface area (Å²) in [7, 11) is 0. The van der Waals surface area contributed by atoms with Crippen molar-refractivity contribution in [2.75, 3.05) is 13.1 Å². The summed E-state index contributed by atoms with van der Waals surface area (Å²) in [6, 6.07) is 5.29. The van der Waals surface area contributed by atoms with Gasteiger partial charge in [0.15, 0.2) is 11.7 Å². The third-order valence-electron chi connectivity index (χ3n) is 3.31. The third-order valence-corrected chi connectivity index (χ3v) is 3.31. The molecule has 0 aliphatic heterocycles. The zero-order chi connectivity index (χ0) is 15.2. The van der Waals surface area contributed by atoms with Crippen LogP contribution in [0.5, 0.6) is 0 Å². The number of oxazole rings is 1. The predicted octanol–water partition coefficient (Wildman–Crippen LogP) is 3.97. The molecule has 0 atom stereocenters. The Hall–Kier alpha value is -1.68. The van der Waals surface area contributed by atoms with Crippen LogP contribution in [0.15, 0.2) is 28.8 Å². The fourth-order valence-corrected chi connectivity index (χ4v) is 2.14. The Bertz CT molecular complexity index is 578. The van der Waals surface area contributed by atoms with E-state index < -0.39 is 0 Å². The van der Waals surface area contributed by atoms with Crippen LogP contribution in [0.25, 0.3) is 11.3 Å². The molecule has 1 aromatic heterocycles. The molecule has 0 amide bonds. The molecule has 0 saturated heterocycles. The van der Waals surface area contributed by atoms with Crippen molar-refractivity contribution >= 4 is 0 Å². The van der Waals surface area contributed by atoms with Gasteiger partial charge in [-0.05, 0) is 44.0 Å². The monoisotopic (exact) mass is 290 g/mol. The van der Waals surface area contributed by atoms with Crippen molar-refractivity contribution in [3.8, 4) is 11.3 Å². The van der Waals surface area contributed by atoms with Crippen LogP contribution in [-0.4, -0.2) is 18.1 Å². The number of benzene rings is 1. The molecule has 0 fully saturated rings. The first-order valence-electron chi connectivity index (χ1n) is 7.49. The number of aromatic nitrogens is 1. The Morgan fingerprint density at radius 2 is 2.14 bits per heavy atom. The molecule has 3 nitrogen and oxygen atoms in total. The Labute approximate surface area is 125 Å². The fraction of sp³-hybridized carbons (Fsp3) is 0.471. The molecule has 0 bridgehead atoms. The summed E-state index contributed by atoms with van der Waals surface area (Å²) in [5.74, 6) is 1.58. The van der Waals surface area contributed by atoms with Crippen molar-refractivity contribution in [1.29, 1.82) is 0 Å². The van der Waals surface area contributed by atoms with Crippen molar-refractivity contribution < 1.29 is 8.81 Å². The van der Waals surface area contributed by atoms with Gasteiger partial charge in [0, 0.05) is 6.42 Å². The maximum Gasteiger partial charge on any atom is 0.194 e. The molecule has 0 aliphatic carbocycles. The average molecular weight is 290 g/mol. The lowest BCUT2D eigenvalue weighted by Gasteiger charge is -2.05. The minimum absolute atomic E-state index is 0.237. The lowest BCUT2D eigenvalue weighted by Crippen LogP contribution is -2.21. The van der Waals surface area contributed by atoms with Crippen LogP contribution < -0.4 is 5.32 Å². The Morgan fingerprint density at radius 1 is 1.33 bits per heavy atom. The van der Waals surface area contributed by atoms with Crippen LogP contribution in [0.1, 0.15) is 31.7 Å². The van der Waals surface area contributed by atoms with Crippen LogP contribution in [0.4, 0.5) is 4.39 Å². The Morgan fingerprint density at radius 3 is 2.90 bits per heavy atom. The number of aryl methyl sites for hydroxylation is 2. The first kappa shape index (κ1) is 15.7. The molecular weight excluding hydrogens is 267 g/mol. The van der Waals surface area contributed by atoms with E-state index >= 15 is 0 Å². The molecule has 0 unspecified atom stereocenters. The minimum Gasteiger partial charge on any atom is -0.441 e. The standard InChI is InChI=1S/C17H23FN2O/c1-12(2)10-19-9-5-8-16-20-11-15(21-16)14-7-4-6-13(3)17(14)18/h4,6-7,11-12,19H,5,8-10H2,1-3H3. The van der Waals surface area contributed by atoms with E-state index in [4.69, 9.17) is 4.42 Å². The SMILES string of the molecule is Cc1cccc(-c2cnc(CCCNCC(C)C)o2)c1F. The molecule has 1 heterocycles. The number of nitrogens with zero attached hydrogens (tertiary/aromatic N) is 1. The van der Waals surface area contributed by atoms with E-state index in [9.17, 15) is 4.39 Å². The van der Waals surface area contributed by atoms with Crippen molar-refractivity contribution in [3.05, 3.63) is 41.7 Å². The second-order valence-corrected chi connectivity index (χ2v) is 5.76. The molecule has 0 aliphatic rings. The van der Waals surface area contributed by atoms with Crippen molar-refractivity contribution in [3.63, 3.8) is 0 Å². The van der Waals surface area contributed by atoms with Gasteiger partial charge in [-0.1, -0.05) is 26.0 Å². The molecule has 0 spiro atoms. The van der Waals surface area contributed by atoms with Crippen LogP contribution >= 0.6 is 0 Å². The van der Waals surface area contributed by atoms with E-state index in [1.54, 1.807) is 25.3 Å². The summed E-state index contributed by atoms with van der Waals surface area (Å²) in [5.41, 5.74) is 1.09. The highest BCUT2D eigenvalue weighted by Crippen LogP contribution is 2.25. The van der Waals surface area contributed by atoms with Crippen molar-refractivity contribution in [2.24, 2.45) is 5.92 Å². The molecule has 21 heavy (non-hydrogen) atoms. The lowest BCUT2D eigenvalue weighted by molar-refractivity contribution is 0.481. The van der Waals surface area contributed by atoms with Crippen LogP contribution in [-0.2, 0) is 6.42 Å². The van der Waals surface area contributed by atoms with Gasteiger partial charge in [0.05, 0.1) is 11.8 Å². The highest BCUT2D eigenvalue weighted by Gasteiger charge is 2.12. The number of rotatable bonds is 7. The van der Waals surface area contributed by atoms with E-state index in [1.807, 2.05) is 6.07 Å². The van der Waals surface area contributed by atoms with Crippen molar-refractivity contribution in [2.45, 2.75) is 33.6 Å². The summed E-state index contributed by atoms with van der Waals surface area (Å²) >= 11 is 0. The Balaban J connectivity index is 1.91. The molecule has 1 N–H and O–H groups in total. The first-order chi connectivity index (χ1) is 10.1. The molecule has 4 heteroatoms. The zero-order valence-electron chi connectivity index (χ0n) is 12.9. The van der Waals surface area contributed by atoms with Gasteiger partial charge in [0.2, 0.25) is 0 Å². The van der Waals surface area contributed by atoms with E-state index in [2.05, 4.69) is 24.1 Å². The average Bonchev–Trinajstić information content (AvgIpc) is 2.90. The number of hydrogen-bond donors (Lipinski definition) is 1. The van der Waals surface area contributed by atoms with Crippen LogP contribution in [0.2, 0.25) is 0 Å². The normalized spacial score (nSPS) is 11.3. The quantitative estimate of drug-likeness (QED) is 0.784. The van der Waals surface area contributed by atoms with Gasteiger partial charge in [-0.3, -0.25) is 0 Å². The maximum absolute atomic E-state index is 14.0. The summed E-state index contributed by atoms with van der Waals surface area (Å²) in [5, 5.41) is 3.38. The molecule has 0 radical (unpaired) electrons. The summed E-state index contributed by atoms with van der Waals surface area (Å²) in [6.07, 6.45) is 3.33. The number of nitrogens with one attached hydrogen (secondary N) is 1. The van der Waals surface area contributed by atoms with Crippen LogP contribution in [0, 0.1) is 18.7 Å². The summed E-state index contributed by atoms with van der Waals surface area (Å²) < 4.78 is 19.7. The van der Waals surface area contributed by atoms with E-state index in [0.717, 1.165) is 25.9 Å². The van der Waals surface area contributed by atoms with Gasteiger partial charge in [-0.25, -0.2) is 9.37 Å². The summed E-state index contributed by atoms with van der Waals surface area (Å²) in [6.45, 7) is 8.07.